The summed E-state index contributed by atoms with van der Waals surface area (Å²) in [6, 6.07) is 13.4. The van der Waals surface area contributed by atoms with E-state index in [1.807, 2.05) is 13.8 Å². The summed E-state index contributed by atoms with van der Waals surface area (Å²) in [5.41, 5.74) is 6.46. The highest BCUT2D eigenvalue weighted by Crippen LogP contribution is 2.48. The number of fused-ring (bicyclic) bond motifs is 1. The van der Waals surface area contributed by atoms with Crippen molar-refractivity contribution in [2.75, 3.05) is 13.7 Å². The van der Waals surface area contributed by atoms with Gasteiger partial charge in [-0.25, -0.2) is 8.42 Å². The molecule has 1 fully saturated rings. The van der Waals surface area contributed by atoms with Crippen molar-refractivity contribution >= 4 is 26.6 Å². The Morgan fingerprint density at radius 3 is 2.66 bits per heavy atom. The van der Waals surface area contributed by atoms with Crippen LogP contribution in [0.1, 0.15) is 16.8 Å². The SMILES string of the molecule is C=C1COC(C(N)=O)(c2cc(C)ccc2OC)C1S(=O)(=O)c1cccc2nc(C)ccc12. The van der Waals surface area contributed by atoms with E-state index in [1.54, 1.807) is 42.5 Å². The van der Waals surface area contributed by atoms with Gasteiger partial charge in [0.2, 0.25) is 0 Å². The molecule has 3 aromatic rings. The largest absolute Gasteiger partial charge is 0.496 e. The molecule has 0 aliphatic carbocycles. The highest BCUT2D eigenvalue weighted by atomic mass is 32.2. The molecule has 2 aromatic carbocycles. The van der Waals surface area contributed by atoms with E-state index in [0.717, 1.165) is 11.3 Å². The minimum absolute atomic E-state index is 0.0383. The molecule has 1 aliphatic heterocycles. The number of rotatable bonds is 5. The van der Waals surface area contributed by atoms with Crippen molar-refractivity contribution in [2.24, 2.45) is 5.73 Å². The Bertz CT molecular complexity index is 1370. The van der Waals surface area contributed by atoms with Crippen molar-refractivity contribution in [3.63, 3.8) is 0 Å². The molecular formula is C24H24N2O5S. The number of carbonyl (C=O) groups is 1. The second kappa shape index (κ2) is 7.72. The van der Waals surface area contributed by atoms with Crippen LogP contribution in [0.5, 0.6) is 5.75 Å². The quantitative estimate of drug-likeness (QED) is 0.596. The first-order valence-electron chi connectivity index (χ1n) is 10.00. The fourth-order valence-corrected chi connectivity index (χ4v) is 6.61. The van der Waals surface area contributed by atoms with E-state index in [4.69, 9.17) is 15.2 Å². The second-order valence-corrected chi connectivity index (χ2v) is 9.95. The number of aromatic nitrogens is 1. The fraction of sp³-hybridized carbons (Fsp3) is 0.250. The maximum Gasteiger partial charge on any atom is 0.256 e. The Morgan fingerprint density at radius 1 is 1.22 bits per heavy atom. The van der Waals surface area contributed by atoms with Crippen molar-refractivity contribution in [2.45, 2.75) is 29.6 Å². The summed E-state index contributed by atoms with van der Waals surface area (Å²) < 4.78 is 39.6. The number of carbonyl (C=O) groups excluding carboxylic acids is 1. The van der Waals surface area contributed by atoms with E-state index >= 15 is 0 Å². The van der Waals surface area contributed by atoms with Gasteiger partial charge < -0.3 is 15.2 Å². The van der Waals surface area contributed by atoms with Crippen LogP contribution in [-0.4, -0.2) is 38.3 Å². The average molecular weight is 453 g/mol. The zero-order valence-electron chi connectivity index (χ0n) is 18.1. The summed E-state index contributed by atoms with van der Waals surface area (Å²) in [6.45, 7) is 7.45. The molecule has 32 heavy (non-hydrogen) atoms. The van der Waals surface area contributed by atoms with Crippen LogP contribution in [0.2, 0.25) is 0 Å². The molecule has 166 valence electrons. The van der Waals surface area contributed by atoms with Crippen LogP contribution >= 0.6 is 0 Å². The Morgan fingerprint density at radius 2 is 1.97 bits per heavy atom. The number of hydrogen-bond acceptors (Lipinski definition) is 6. The second-order valence-electron chi connectivity index (χ2n) is 7.95. The number of primary amides is 1. The van der Waals surface area contributed by atoms with Crippen molar-refractivity contribution in [3.05, 3.63) is 77.5 Å². The third-order valence-electron chi connectivity index (χ3n) is 5.79. The van der Waals surface area contributed by atoms with E-state index in [2.05, 4.69) is 11.6 Å². The van der Waals surface area contributed by atoms with Gasteiger partial charge in [0.05, 0.1) is 24.1 Å². The normalized spacial score (nSPS) is 21.1. The molecule has 2 heterocycles. The zero-order chi connectivity index (χ0) is 23.3. The van der Waals surface area contributed by atoms with Crippen LogP contribution in [0, 0.1) is 13.8 Å². The molecule has 0 radical (unpaired) electrons. The summed E-state index contributed by atoms with van der Waals surface area (Å²) in [7, 11) is -2.75. The molecule has 1 amide bonds. The molecule has 2 N–H and O–H groups in total. The van der Waals surface area contributed by atoms with Crippen LogP contribution in [0.25, 0.3) is 10.9 Å². The van der Waals surface area contributed by atoms with Crippen LogP contribution in [0.4, 0.5) is 0 Å². The van der Waals surface area contributed by atoms with Gasteiger partial charge in [0, 0.05) is 16.6 Å². The number of sulfone groups is 1. The van der Waals surface area contributed by atoms with Crippen LogP contribution in [0.3, 0.4) is 0 Å². The number of aryl methyl sites for hydroxylation is 2. The number of methoxy groups -OCH3 is 1. The van der Waals surface area contributed by atoms with E-state index in [0.29, 0.717) is 16.7 Å². The number of hydrogen-bond donors (Lipinski definition) is 1. The third kappa shape index (κ3) is 3.18. The average Bonchev–Trinajstić information content (AvgIpc) is 3.12. The molecule has 2 atom stereocenters. The monoisotopic (exact) mass is 452 g/mol. The Labute approximate surface area is 186 Å². The van der Waals surface area contributed by atoms with Gasteiger partial charge in [0.1, 0.15) is 11.0 Å². The van der Waals surface area contributed by atoms with Gasteiger partial charge in [-0.05, 0) is 55.8 Å². The lowest BCUT2D eigenvalue weighted by Crippen LogP contribution is -2.52. The molecule has 1 aromatic heterocycles. The predicted octanol–water partition coefficient (Wildman–Crippen LogP) is 2.97. The molecule has 0 bridgehead atoms. The van der Waals surface area contributed by atoms with E-state index in [9.17, 15) is 13.2 Å². The zero-order valence-corrected chi connectivity index (χ0v) is 18.9. The first-order valence-corrected chi connectivity index (χ1v) is 11.5. The standard InChI is InChI=1S/C24H24N2O5S/c1-14-8-11-20(30-4)18(12-14)24(23(25)27)22(15(2)13-31-24)32(28,29)21-7-5-6-19-17(21)10-9-16(3)26-19/h5-12,22H,2,13H2,1,3-4H3,(H2,25,27). The smallest absolute Gasteiger partial charge is 0.256 e. The number of nitrogens with zero attached hydrogens (tertiary/aromatic N) is 1. The molecule has 1 saturated heterocycles. The van der Waals surface area contributed by atoms with Crippen molar-refractivity contribution in [1.29, 1.82) is 0 Å². The van der Waals surface area contributed by atoms with Gasteiger partial charge in [-0.3, -0.25) is 9.78 Å². The molecule has 4 rings (SSSR count). The van der Waals surface area contributed by atoms with E-state index in [-0.39, 0.29) is 22.6 Å². The van der Waals surface area contributed by atoms with E-state index in [1.165, 1.54) is 13.2 Å². The maximum atomic E-state index is 14.1. The summed E-state index contributed by atoms with van der Waals surface area (Å²) >= 11 is 0. The third-order valence-corrected chi connectivity index (χ3v) is 8.05. The van der Waals surface area contributed by atoms with Gasteiger partial charge in [-0.1, -0.05) is 24.3 Å². The van der Waals surface area contributed by atoms with Gasteiger partial charge in [-0.15, -0.1) is 0 Å². The molecule has 0 spiro atoms. The summed E-state index contributed by atoms with van der Waals surface area (Å²) in [5.74, 6) is -0.623. The van der Waals surface area contributed by atoms with Crippen LogP contribution in [0.15, 0.2) is 65.6 Å². The Hall–Kier alpha value is -3.23. The summed E-state index contributed by atoms with van der Waals surface area (Å²) in [6.07, 6.45) is 0. The molecular weight excluding hydrogens is 428 g/mol. The lowest BCUT2D eigenvalue weighted by atomic mass is 9.86. The minimum Gasteiger partial charge on any atom is -0.496 e. The predicted molar refractivity (Wildman–Crippen MR) is 121 cm³/mol. The van der Waals surface area contributed by atoms with Gasteiger partial charge >= 0.3 is 0 Å². The Balaban J connectivity index is 2.02. The lowest BCUT2D eigenvalue weighted by Gasteiger charge is -2.33. The molecule has 1 aliphatic rings. The Kier molecular flexibility index (Phi) is 5.30. The first-order chi connectivity index (χ1) is 15.1. The molecule has 2 unspecified atom stereocenters. The van der Waals surface area contributed by atoms with Crippen molar-refractivity contribution in [3.8, 4) is 5.75 Å². The first kappa shape index (κ1) is 22.0. The minimum atomic E-state index is -4.19. The lowest BCUT2D eigenvalue weighted by molar-refractivity contribution is -0.138. The molecule has 0 saturated carbocycles. The summed E-state index contributed by atoms with van der Waals surface area (Å²) in [5, 5.41) is -0.984. The van der Waals surface area contributed by atoms with Crippen molar-refractivity contribution in [1.82, 2.24) is 4.98 Å². The molecule has 7 nitrogen and oxygen atoms in total. The van der Waals surface area contributed by atoms with E-state index < -0.39 is 26.6 Å². The number of benzene rings is 2. The van der Waals surface area contributed by atoms with Gasteiger partial charge in [-0.2, -0.15) is 0 Å². The van der Waals surface area contributed by atoms with Gasteiger partial charge in [0.25, 0.3) is 5.91 Å². The topological polar surface area (TPSA) is 109 Å². The number of ether oxygens (including phenoxy) is 2. The van der Waals surface area contributed by atoms with Crippen molar-refractivity contribution < 1.29 is 22.7 Å². The van der Waals surface area contributed by atoms with Crippen LogP contribution < -0.4 is 10.5 Å². The number of pyridine rings is 1. The number of nitrogens with two attached hydrogens (primary N) is 1. The number of amides is 1. The van der Waals surface area contributed by atoms with Gasteiger partial charge in [0.15, 0.2) is 15.4 Å². The highest BCUT2D eigenvalue weighted by Gasteiger charge is 2.60. The fourth-order valence-electron chi connectivity index (χ4n) is 4.35. The maximum absolute atomic E-state index is 14.1. The van der Waals surface area contributed by atoms with Crippen LogP contribution in [-0.2, 0) is 25.0 Å². The molecule has 8 heteroatoms. The summed E-state index contributed by atoms with van der Waals surface area (Å²) in [4.78, 5) is 17.4. The highest BCUT2D eigenvalue weighted by molar-refractivity contribution is 7.92.